The summed E-state index contributed by atoms with van der Waals surface area (Å²) in [5.74, 6) is -3.10. The lowest BCUT2D eigenvalue weighted by atomic mass is 10.1. The number of carboxylic acids is 1. The van der Waals surface area contributed by atoms with Crippen LogP contribution >= 0.6 is 0 Å². The second kappa shape index (κ2) is 32.0. The predicted octanol–water partition coefficient (Wildman–Crippen LogP) is 0.375. The number of nitrogens with zero attached hydrogens (tertiary/aromatic N) is 6. The van der Waals surface area contributed by atoms with Crippen molar-refractivity contribution < 1.29 is 61.8 Å². The van der Waals surface area contributed by atoms with Gasteiger partial charge in [0.1, 0.15) is 17.6 Å². The van der Waals surface area contributed by atoms with Crippen molar-refractivity contribution in [2.45, 2.75) is 70.6 Å². The van der Waals surface area contributed by atoms with Gasteiger partial charge in [-0.05, 0) is 62.4 Å². The first-order valence-corrected chi connectivity index (χ1v) is 27.7. The number of aromatic amines is 1. The van der Waals surface area contributed by atoms with E-state index in [4.69, 9.17) is 24.3 Å². The van der Waals surface area contributed by atoms with E-state index >= 15 is 0 Å². The predicted molar refractivity (Wildman–Crippen MR) is 292 cm³/mol. The number of nitrogens with one attached hydrogen (secondary N) is 6. The van der Waals surface area contributed by atoms with Crippen LogP contribution in [0.2, 0.25) is 0 Å². The molecule has 4 aromatic rings. The van der Waals surface area contributed by atoms with Crippen LogP contribution < -0.4 is 31.4 Å². The molecule has 0 aliphatic carbocycles. The maximum atomic E-state index is 14.0. The lowest BCUT2D eigenvalue weighted by Crippen LogP contribution is -2.52. The highest BCUT2D eigenvalue weighted by atomic mass is 32.2. The lowest BCUT2D eigenvalue weighted by molar-refractivity contribution is -0.274. The summed E-state index contributed by atoms with van der Waals surface area (Å²) >= 11 is 0. The van der Waals surface area contributed by atoms with Crippen LogP contribution in [0.1, 0.15) is 52.4 Å². The first-order valence-electron chi connectivity index (χ1n) is 26.2. The van der Waals surface area contributed by atoms with Gasteiger partial charge in [-0.2, -0.15) is 4.72 Å². The van der Waals surface area contributed by atoms with E-state index in [1.165, 1.54) is 27.5 Å². The number of methoxy groups -OCH3 is 1. The molecule has 3 amide bonds. The maximum absolute atomic E-state index is 14.0. The van der Waals surface area contributed by atoms with Crippen molar-refractivity contribution in [3.8, 4) is 0 Å². The molecule has 1 aliphatic heterocycles. The van der Waals surface area contributed by atoms with Crippen LogP contribution in [0.25, 0.3) is 10.9 Å². The number of H-pyrrole nitrogens is 1. The molecule has 436 valence electrons. The van der Waals surface area contributed by atoms with E-state index in [2.05, 4.69) is 45.8 Å². The summed E-state index contributed by atoms with van der Waals surface area (Å²) in [5, 5.41) is 21.7. The molecular formula is C52H78N12O14S. The molecule has 26 nitrogen and oxygen atoms in total. The van der Waals surface area contributed by atoms with Gasteiger partial charge in [-0.25, -0.2) is 33.0 Å². The Morgan fingerprint density at radius 3 is 1.96 bits per heavy atom. The number of carbonyl (C=O) groups is 5. The van der Waals surface area contributed by atoms with Gasteiger partial charge in [0.25, 0.3) is 5.91 Å². The van der Waals surface area contributed by atoms with Crippen LogP contribution in [-0.4, -0.2) is 216 Å². The van der Waals surface area contributed by atoms with Crippen LogP contribution in [0.15, 0.2) is 58.6 Å². The average Bonchev–Trinajstić information content (AvgIpc) is 3.99. The maximum Gasteiger partial charge on any atom is 0.323 e. The number of carbonyl (C=O) groups excluding carboxylic acids is 4. The van der Waals surface area contributed by atoms with Crippen molar-refractivity contribution >= 4 is 56.5 Å². The molecule has 7 N–H and O–H groups in total. The first-order chi connectivity index (χ1) is 37.8. The third-order valence-electron chi connectivity index (χ3n) is 13.3. The number of esters is 1. The molecule has 5 rings (SSSR count). The molecular weight excluding hydrogens is 1050 g/mol. The van der Waals surface area contributed by atoms with Gasteiger partial charge in [-0.1, -0.05) is 30.7 Å². The van der Waals surface area contributed by atoms with Gasteiger partial charge in [0, 0.05) is 116 Å². The number of hydrogen-bond acceptors (Lipinski definition) is 19. The number of aryl methyl sites for hydroxylation is 4. The fourth-order valence-electron chi connectivity index (χ4n) is 9.22. The molecule has 0 bridgehead atoms. The standard InChI is InChI=1S/C52H78N12O14S/c1-8-42(58-45(65)34-62-20-18-60(24-26-77-75-6)16-17-61(25-27-78-76-7)19-21-63(23-22-62)35-46(66)74-5)50(69)53-12-9-15-64-33-41(47(67)40-11-10-39(30-44(40)64)31-57-52-54-13-14-55-52)49(68)56-32-43(51(70)71)59-79(72,73)48-37(3)28-36(2)29-38(48)4/h10-11,13-14,28-30,33,42-43,59H,8-9,12,15-27,31-32,34-35H2,1-7H3,(H,53,69)(H,56,68)(H,58,65)(H,70,71)(H2,54,55,57)/t42-,43?/m0/s1. The monoisotopic (exact) mass is 1130 g/mol. The number of sulfonamides is 1. The van der Waals surface area contributed by atoms with Gasteiger partial charge < -0.3 is 40.7 Å². The topological polar surface area (TPSA) is 310 Å². The number of amides is 3. The SMILES string of the molecule is CC[C@H](NC(=O)CN1CCN(CCOOC)CCN(CCOOC)CCN(CC(=O)OC)CC1)C(=O)NCCCn1cc(C(=O)NCC(NS(=O)(=O)c2c(C)cc(C)cc2C)C(=O)O)c(=O)c2ccc(CNc3ncc[nH]3)cc21. The Hall–Kier alpha value is -6.40. The van der Waals surface area contributed by atoms with E-state index in [0.717, 1.165) is 11.1 Å². The molecule has 0 saturated carbocycles. The minimum Gasteiger partial charge on any atom is -0.480 e. The van der Waals surface area contributed by atoms with Gasteiger partial charge in [0.05, 0.1) is 58.0 Å². The smallest absolute Gasteiger partial charge is 0.323 e. The number of carboxylic acid groups (broad SMARTS) is 1. The Morgan fingerprint density at radius 2 is 1.41 bits per heavy atom. The first kappa shape index (κ1) is 63.4. The van der Waals surface area contributed by atoms with Crippen molar-refractivity contribution in [2.75, 3.05) is 131 Å². The number of benzene rings is 2. The Bertz CT molecular complexity index is 2790. The van der Waals surface area contributed by atoms with Gasteiger partial charge in [-0.15, -0.1) is 0 Å². The Labute approximate surface area is 460 Å². The van der Waals surface area contributed by atoms with E-state index in [-0.39, 0.29) is 60.3 Å². The Balaban J connectivity index is 1.26. The molecule has 0 spiro atoms. The molecule has 2 aromatic heterocycles. The molecule has 27 heteroatoms. The van der Waals surface area contributed by atoms with E-state index in [9.17, 15) is 42.3 Å². The quantitative estimate of drug-likeness (QED) is 0.0167. The van der Waals surface area contributed by atoms with E-state index in [0.29, 0.717) is 114 Å². The Kier molecular flexibility index (Phi) is 25.7. The summed E-state index contributed by atoms with van der Waals surface area (Å²) in [6.45, 7) is 13.2. The number of imidazole rings is 1. The average molecular weight is 1130 g/mol. The fourth-order valence-corrected chi connectivity index (χ4v) is 10.9. The number of ether oxygens (including phenoxy) is 1. The number of rotatable bonds is 29. The zero-order valence-electron chi connectivity index (χ0n) is 46.3. The number of hydrogen-bond donors (Lipinski definition) is 7. The highest BCUT2D eigenvalue weighted by molar-refractivity contribution is 7.89. The Morgan fingerprint density at radius 1 is 0.797 bits per heavy atom. The number of anilines is 1. The zero-order chi connectivity index (χ0) is 57.5. The van der Waals surface area contributed by atoms with Crippen molar-refractivity contribution in [1.82, 2.24) is 54.8 Å². The number of pyridine rings is 1. The van der Waals surface area contributed by atoms with Crippen molar-refractivity contribution in [2.24, 2.45) is 0 Å². The largest absolute Gasteiger partial charge is 0.480 e. The van der Waals surface area contributed by atoms with E-state index in [1.54, 1.807) is 68.1 Å². The minimum atomic E-state index is -4.36. The molecule has 2 atom stereocenters. The minimum absolute atomic E-state index is 0.0213. The normalized spacial score (nSPS) is 15.4. The second-order valence-corrected chi connectivity index (χ2v) is 20.8. The number of fused-ring (bicyclic) bond motifs is 1. The molecule has 2 aromatic carbocycles. The third kappa shape index (κ3) is 20.0. The van der Waals surface area contributed by atoms with Gasteiger partial charge in [-0.3, -0.25) is 48.4 Å². The molecule has 3 heterocycles. The van der Waals surface area contributed by atoms with E-state index < -0.39 is 51.9 Å². The van der Waals surface area contributed by atoms with Crippen molar-refractivity contribution in [1.29, 1.82) is 0 Å². The summed E-state index contributed by atoms with van der Waals surface area (Å²) in [7, 11) is -0.108. The molecule has 1 unspecified atom stereocenters. The van der Waals surface area contributed by atoms with Crippen LogP contribution in [0.3, 0.4) is 0 Å². The second-order valence-electron chi connectivity index (χ2n) is 19.1. The van der Waals surface area contributed by atoms with E-state index in [1.807, 2.05) is 16.7 Å². The molecule has 0 radical (unpaired) electrons. The van der Waals surface area contributed by atoms with Crippen molar-refractivity contribution in [3.63, 3.8) is 0 Å². The van der Waals surface area contributed by atoms with Crippen LogP contribution in [0.4, 0.5) is 5.95 Å². The molecule has 1 aliphatic rings. The summed E-state index contributed by atoms with van der Waals surface area (Å²) in [6, 6.07) is 5.77. The van der Waals surface area contributed by atoms with Gasteiger partial charge in [0.2, 0.25) is 27.3 Å². The highest BCUT2D eigenvalue weighted by Crippen LogP contribution is 2.22. The molecule has 1 fully saturated rings. The van der Waals surface area contributed by atoms with Crippen LogP contribution in [-0.2, 0) is 66.6 Å². The summed E-state index contributed by atoms with van der Waals surface area (Å²) in [4.78, 5) is 116. The summed E-state index contributed by atoms with van der Waals surface area (Å²) in [6.07, 6.45) is 5.22. The third-order valence-corrected chi connectivity index (χ3v) is 15.1. The van der Waals surface area contributed by atoms with Gasteiger partial charge >= 0.3 is 11.9 Å². The summed E-state index contributed by atoms with van der Waals surface area (Å²) in [5.41, 5.74) is 1.96. The number of aromatic nitrogens is 3. The fraction of sp³-hybridized carbons (Fsp3) is 0.558. The highest BCUT2D eigenvalue weighted by Gasteiger charge is 2.30. The summed E-state index contributed by atoms with van der Waals surface area (Å²) < 4.78 is 35.9. The number of aliphatic carboxylic acids is 1. The van der Waals surface area contributed by atoms with Gasteiger partial charge in [0.15, 0.2) is 5.95 Å². The zero-order valence-corrected chi connectivity index (χ0v) is 47.1. The molecule has 1 saturated heterocycles. The van der Waals surface area contributed by atoms with Crippen LogP contribution in [0, 0.1) is 20.8 Å². The lowest BCUT2D eigenvalue weighted by Gasteiger charge is -2.33. The molecule has 79 heavy (non-hydrogen) atoms. The van der Waals surface area contributed by atoms with Crippen LogP contribution in [0.5, 0.6) is 0 Å². The van der Waals surface area contributed by atoms with Crippen molar-refractivity contribution in [3.05, 3.63) is 87.0 Å².